The molecule has 9 heteroatoms. The molecular weight excluding hydrogens is 479 g/mol. The number of anilines is 1. The van der Waals surface area contributed by atoms with Crippen LogP contribution >= 0.6 is 15.9 Å². The maximum atomic E-state index is 14.8. The summed E-state index contributed by atoms with van der Waals surface area (Å²) in [7, 11) is 0. The molecular formula is C23H18BrFN4O3. The van der Waals surface area contributed by atoms with Gasteiger partial charge in [0.1, 0.15) is 11.1 Å². The van der Waals surface area contributed by atoms with Crippen LogP contribution in [0.25, 0.3) is 11.0 Å². The number of carbonyl (C=O) groups excluding carboxylic acids is 1. The highest BCUT2D eigenvalue weighted by Gasteiger charge is 2.17. The van der Waals surface area contributed by atoms with Crippen LogP contribution in [0.15, 0.2) is 52.0 Å². The number of hydrogen-bond acceptors (Lipinski definition) is 5. The molecule has 4 rings (SSSR count). The number of ether oxygens (including phenoxy) is 1. The topological polar surface area (TPSA) is 97.0 Å². The quantitative estimate of drug-likeness (QED) is 0.405. The maximum absolute atomic E-state index is 14.8. The molecule has 0 aliphatic carbocycles. The number of H-pyrrole nitrogens is 1. The number of fused-ring (bicyclic) bond motifs is 1. The average molecular weight is 497 g/mol. The summed E-state index contributed by atoms with van der Waals surface area (Å²) >= 11 is 3.10. The maximum Gasteiger partial charge on any atom is 0.261 e. The van der Waals surface area contributed by atoms with Gasteiger partial charge in [-0.25, -0.2) is 9.37 Å². The van der Waals surface area contributed by atoms with Crippen molar-refractivity contribution >= 4 is 38.6 Å². The highest BCUT2D eigenvalue weighted by molar-refractivity contribution is 9.10. The number of nitrogens with zero attached hydrogens (tertiary/aromatic N) is 2. The second kappa shape index (κ2) is 8.51. The summed E-state index contributed by atoms with van der Waals surface area (Å²) in [6.45, 7) is 5.42. The number of carbonyl (C=O) groups is 1. The Morgan fingerprint density at radius 1 is 1.16 bits per heavy atom. The Morgan fingerprint density at radius 2 is 1.94 bits per heavy atom. The van der Waals surface area contributed by atoms with Gasteiger partial charge in [0.25, 0.3) is 5.91 Å². The van der Waals surface area contributed by atoms with Gasteiger partial charge in [-0.15, -0.1) is 0 Å². The van der Waals surface area contributed by atoms with Crippen LogP contribution in [0.3, 0.4) is 0 Å². The molecule has 32 heavy (non-hydrogen) atoms. The molecule has 0 spiro atoms. The molecule has 3 heterocycles. The van der Waals surface area contributed by atoms with E-state index >= 15 is 0 Å². The summed E-state index contributed by atoms with van der Waals surface area (Å²) in [5.41, 5.74) is 3.06. The molecule has 0 atom stereocenters. The average Bonchev–Trinajstić information content (AvgIpc) is 2.74. The molecule has 162 valence electrons. The number of hydrogen-bond donors (Lipinski definition) is 2. The minimum absolute atomic E-state index is 0.0352. The summed E-state index contributed by atoms with van der Waals surface area (Å²) in [5.74, 6) is -0.998. The van der Waals surface area contributed by atoms with Crippen molar-refractivity contribution in [1.29, 1.82) is 0 Å². The van der Waals surface area contributed by atoms with E-state index in [0.717, 1.165) is 17.3 Å². The molecule has 7 nitrogen and oxygen atoms in total. The van der Waals surface area contributed by atoms with Gasteiger partial charge in [0.05, 0.1) is 9.99 Å². The fourth-order valence-corrected chi connectivity index (χ4v) is 3.48. The molecule has 0 radical (unpaired) electrons. The zero-order valence-electron chi connectivity index (χ0n) is 17.4. The van der Waals surface area contributed by atoms with Crippen molar-refractivity contribution in [2.75, 3.05) is 5.32 Å². The van der Waals surface area contributed by atoms with Crippen molar-refractivity contribution < 1.29 is 13.9 Å². The van der Waals surface area contributed by atoms with Crippen LogP contribution < -0.4 is 15.5 Å². The summed E-state index contributed by atoms with van der Waals surface area (Å²) in [6, 6.07) is 7.52. The summed E-state index contributed by atoms with van der Waals surface area (Å²) in [4.78, 5) is 36.5. The first-order chi connectivity index (χ1) is 15.2. The van der Waals surface area contributed by atoms with Crippen LogP contribution in [0.5, 0.6) is 11.5 Å². The third-order valence-corrected chi connectivity index (χ3v) is 5.58. The van der Waals surface area contributed by atoms with Gasteiger partial charge in [0.2, 0.25) is 5.43 Å². The number of aromatic nitrogens is 3. The number of pyridine rings is 3. The van der Waals surface area contributed by atoms with Gasteiger partial charge < -0.3 is 15.0 Å². The van der Waals surface area contributed by atoms with Crippen LogP contribution in [0.4, 0.5) is 10.1 Å². The van der Waals surface area contributed by atoms with Crippen molar-refractivity contribution in [3.05, 3.63) is 85.8 Å². The zero-order chi connectivity index (χ0) is 23.0. The second-order valence-electron chi connectivity index (χ2n) is 7.23. The van der Waals surface area contributed by atoms with Crippen LogP contribution in [0, 0.1) is 26.6 Å². The molecule has 0 saturated carbocycles. The molecule has 0 aliphatic rings. The molecule has 1 amide bonds. The van der Waals surface area contributed by atoms with Crippen LogP contribution in [-0.2, 0) is 0 Å². The number of aromatic amines is 1. The largest absolute Gasteiger partial charge is 0.452 e. The lowest BCUT2D eigenvalue weighted by Crippen LogP contribution is -2.24. The predicted octanol–water partition coefficient (Wildman–Crippen LogP) is 5.19. The van der Waals surface area contributed by atoms with Crippen LogP contribution in [0.2, 0.25) is 0 Å². The van der Waals surface area contributed by atoms with E-state index in [4.69, 9.17) is 4.74 Å². The first-order valence-electron chi connectivity index (χ1n) is 9.64. The van der Waals surface area contributed by atoms with Gasteiger partial charge >= 0.3 is 0 Å². The number of aryl methyl sites for hydroxylation is 3. The fourth-order valence-electron chi connectivity index (χ4n) is 3.16. The normalized spacial score (nSPS) is 10.9. The Balaban J connectivity index is 1.61. The number of benzene rings is 1. The van der Waals surface area contributed by atoms with E-state index in [-0.39, 0.29) is 21.5 Å². The summed E-state index contributed by atoms with van der Waals surface area (Å²) in [5, 5.41) is 2.54. The second-order valence-corrected chi connectivity index (χ2v) is 8.09. The number of nitrogens with one attached hydrogen (secondary N) is 2. The van der Waals surface area contributed by atoms with E-state index in [1.54, 1.807) is 19.2 Å². The third kappa shape index (κ3) is 4.11. The number of halogens is 2. The summed E-state index contributed by atoms with van der Waals surface area (Å²) in [6.07, 6.45) is 3.03. The van der Waals surface area contributed by atoms with Gasteiger partial charge in [-0.2, -0.15) is 0 Å². The van der Waals surface area contributed by atoms with E-state index in [9.17, 15) is 14.0 Å². The lowest BCUT2D eigenvalue weighted by molar-refractivity contribution is 0.102. The molecule has 1 aromatic carbocycles. The zero-order valence-corrected chi connectivity index (χ0v) is 19.0. The van der Waals surface area contributed by atoms with E-state index in [0.29, 0.717) is 22.5 Å². The van der Waals surface area contributed by atoms with Gasteiger partial charge in [-0.3, -0.25) is 14.6 Å². The smallest absolute Gasteiger partial charge is 0.261 e. The molecule has 0 fully saturated rings. The van der Waals surface area contributed by atoms with E-state index in [1.165, 1.54) is 18.3 Å². The fraction of sp³-hybridized carbons (Fsp3) is 0.130. The lowest BCUT2D eigenvalue weighted by atomic mass is 10.1. The van der Waals surface area contributed by atoms with Crippen molar-refractivity contribution in [1.82, 2.24) is 15.0 Å². The highest BCUT2D eigenvalue weighted by Crippen LogP contribution is 2.31. The SMILES string of the molecule is Cc1cc2nccc(Oc3ccc(NC(=O)c4c(C)[nH]cc(Br)c4=O)cc3F)c2nc1C. The minimum Gasteiger partial charge on any atom is -0.452 e. The van der Waals surface area contributed by atoms with Crippen LogP contribution in [-0.4, -0.2) is 20.9 Å². The van der Waals surface area contributed by atoms with E-state index < -0.39 is 17.2 Å². The molecule has 4 aromatic rings. The van der Waals surface area contributed by atoms with E-state index in [1.807, 2.05) is 19.9 Å². The monoisotopic (exact) mass is 496 g/mol. The molecule has 0 unspecified atom stereocenters. The van der Waals surface area contributed by atoms with E-state index in [2.05, 4.69) is 36.2 Å². The van der Waals surface area contributed by atoms with Gasteiger partial charge in [-0.05, 0) is 60.5 Å². The van der Waals surface area contributed by atoms with Gasteiger partial charge in [0.15, 0.2) is 17.3 Å². The first kappa shape index (κ1) is 21.6. The van der Waals surface area contributed by atoms with Gasteiger partial charge in [-0.1, -0.05) is 0 Å². The third-order valence-electron chi connectivity index (χ3n) is 4.99. The molecule has 2 N–H and O–H groups in total. The van der Waals surface area contributed by atoms with Crippen molar-refractivity contribution in [2.45, 2.75) is 20.8 Å². The first-order valence-corrected chi connectivity index (χ1v) is 10.4. The van der Waals surface area contributed by atoms with Crippen molar-refractivity contribution in [2.24, 2.45) is 0 Å². The van der Waals surface area contributed by atoms with Gasteiger partial charge in [0, 0.05) is 41.6 Å². The van der Waals surface area contributed by atoms with Crippen molar-refractivity contribution in [3.8, 4) is 11.5 Å². The standard InChI is InChI=1S/C23H18BrFN4O3/c1-11-8-17-21(28-12(11)2)19(6-7-26-17)32-18-5-4-14(9-16(18)25)29-23(31)20-13(3)27-10-15(24)22(20)30/h4-10H,1-3H3,(H,27,30)(H,29,31). The molecule has 0 bridgehead atoms. The minimum atomic E-state index is -0.684. The Morgan fingerprint density at radius 3 is 2.69 bits per heavy atom. The number of amides is 1. The summed E-state index contributed by atoms with van der Waals surface area (Å²) < 4.78 is 20.8. The Hall–Kier alpha value is -3.59. The highest BCUT2D eigenvalue weighted by atomic mass is 79.9. The lowest BCUT2D eigenvalue weighted by Gasteiger charge is -2.12. The molecule has 3 aromatic heterocycles. The Labute approximate surface area is 190 Å². The predicted molar refractivity (Wildman–Crippen MR) is 123 cm³/mol. The molecule has 0 aliphatic heterocycles. The number of rotatable bonds is 4. The van der Waals surface area contributed by atoms with Crippen molar-refractivity contribution in [3.63, 3.8) is 0 Å². The molecule has 0 saturated heterocycles. The van der Waals surface area contributed by atoms with Crippen LogP contribution in [0.1, 0.15) is 27.3 Å². The Bertz CT molecular complexity index is 1440. The Kier molecular flexibility index (Phi) is 5.75.